The largest absolute Gasteiger partial charge is 0.497 e. The number of hydrogen-bond donors (Lipinski definition) is 0. The summed E-state index contributed by atoms with van der Waals surface area (Å²) in [6, 6.07) is 6.74. The van der Waals surface area contributed by atoms with Crippen molar-refractivity contribution in [3.05, 3.63) is 29.3 Å². The van der Waals surface area contributed by atoms with Crippen molar-refractivity contribution >= 4 is 25.0 Å². The molecule has 2 fully saturated rings. The van der Waals surface area contributed by atoms with Gasteiger partial charge in [-0.3, -0.25) is 0 Å². The maximum absolute atomic E-state index is 7.08. The van der Waals surface area contributed by atoms with Crippen LogP contribution in [-0.2, 0) is 13.3 Å². The smallest absolute Gasteiger partial charge is 0.184 e. The summed E-state index contributed by atoms with van der Waals surface area (Å²) in [5.41, 5.74) is 2.96. The van der Waals surface area contributed by atoms with Crippen LogP contribution in [0.15, 0.2) is 18.2 Å². The topological polar surface area (TPSA) is 36.9 Å². The highest BCUT2D eigenvalue weighted by atomic mass is 28.4. The molecule has 0 saturated heterocycles. The van der Waals surface area contributed by atoms with Gasteiger partial charge in [-0.25, -0.2) is 0 Å². The average molecular weight is 535 g/mol. The van der Waals surface area contributed by atoms with E-state index >= 15 is 0 Å². The molecule has 0 bridgehead atoms. The summed E-state index contributed by atoms with van der Waals surface area (Å²) < 4.78 is 26.5. The molecule has 0 spiro atoms. The van der Waals surface area contributed by atoms with Crippen molar-refractivity contribution in [2.45, 2.75) is 116 Å². The first-order valence-electron chi connectivity index (χ1n) is 13.7. The van der Waals surface area contributed by atoms with E-state index in [1.54, 1.807) is 7.11 Å². The predicted octanol–water partition coefficient (Wildman–Crippen LogP) is 7.95. The van der Waals surface area contributed by atoms with Crippen LogP contribution < -0.4 is 4.74 Å². The third-order valence-corrected chi connectivity index (χ3v) is 11.3. The lowest BCUT2D eigenvalue weighted by Crippen LogP contribution is -2.54. The Labute approximate surface area is 217 Å². The van der Waals surface area contributed by atoms with E-state index in [9.17, 15) is 0 Å². The van der Waals surface area contributed by atoms with E-state index in [0.29, 0.717) is 23.9 Å². The van der Waals surface area contributed by atoms with Gasteiger partial charge in [0.1, 0.15) is 5.75 Å². The summed E-state index contributed by atoms with van der Waals surface area (Å²) in [7, 11) is -3.35. The molecule has 1 aromatic rings. The van der Waals surface area contributed by atoms with Crippen LogP contribution in [0.1, 0.15) is 55.8 Å². The third kappa shape index (κ3) is 5.85. The van der Waals surface area contributed by atoms with Crippen LogP contribution in [0.2, 0.25) is 58.9 Å². The monoisotopic (exact) mass is 534 g/mol. The van der Waals surface area contributed by atoms with Gasteiger partial charge in [0, 0.05) is 5.92 Å². The van der Waals surface area contributed by atoms with Crippen molar-refractivity contribution in [3.8, 4) is 5.75 Å². The molecule has 0 aliphatic heterocycles. The van der Waals surface area contributed by atoms with Crippen LogP contribution in [-0.4, -0.2) is 44.3 Å². The Balaban J connectivity index is 1.81. The van der Waals surface area contributed by atoms with E-state index in [0.717, 1.165) is 18.6 Å². The van der Waals surface area contributed by atoms with Crippen molar-refractivity contribution in [2.24, 2.45) is 17.3 Å². The van der Waals surface area contributed by atoms with Gasteiger partial charge >= 0.3 is 0 Å². The van der Waals surface area contributed by atoms with Crippen molar-refractivity contribution in [1.29, 1.82) is 0 Å². The van der Waals surface area contributed by atoms with Crippen LogP contribution in [0.5, 0.6) is 5.75 Å². The molecular formula is C28H50O4Si3. The molecule has 3 aliphatic rings. The summed E-state index contributed by atoms with van der Waals surface area (Å²) >= 11 is 0. The summed E-state index contributed by atoms with van der Waals surface area (Å²) in [6.45, 7) is 23.5. The minimum atomic E-state index is -1.74. The highest BCUT2D eigenvalue weighted by molar-refractivity contribution is 6.70. The van der Waals surface area contributed by atoms with Gasteiger partial charge in [0.2, 0.25) is 0 Å². The van der Waals surface area contributed by atoms with E-state index in [2.05, 4.69) is 84.0 Å². The van der Waals surface area contributed by atoms with Gasteiger partial charge in [0.05, 0.1) is 25.4 Å². The second kappa shape index (κ2) is 9.38. The van der Waals surface area contributed by atoms with E-state index in [1.165, 1.54) is 24.0 Å². The minimum Gasteiger partial charge on any atom is -0.497 e. The molecule has 3 aliphatic carbocycles. The van der Waals surface area contributed by atoms with Gasteiger partial charge in [-0.2, -0.15) is 0 Å². The van der Waals surface area contributed by atoms with Crippen molar-refractivity contribution in [2.75, 3.05) is 7.11 Å². The molecule has 198 valence electrons. The molecule has 0 N–H and O–H groups in total. The highest BCUT2D eigenvalue weighted by Gasteiger charge is 2.60. The van der Waals surface area contributed by atoms with Crippen molar-refractivity contribution < 1.29 is 18.0 Å². The molecule has 1 aromatic carbocycles. The molecule has 4 nitrogen and oxygen atoms in total. The first kappa shape index (κ1) is 27.6. The highest BCUT2D eigenvalue weighted by Crippen LogP contribution is 2.64. The van der Waals surface area contributed by atoms with Crippen molar-refractivity contribution in [3.63, 3.8) is 0 Å². The van der Waals surface area contributed by atoms with Gasteiger partial charge in [0.15, 0.2) is 25.0 Å². The quantitative estimate of drug-likeness (QED) is 0.333. The number of rotatable bonds is 7. The Hall–Kier alpha value is -0.449. The third-order valence-electron chi connectivity index (χ3n) is 8.32. The Bertz CT molecular complexity index is 916. The van der Waals surface area contributed by atoms with Gasteiger partial charge in [0.25, 0.3) is 0 Å². The fourth-order valence-corrected chi connectivity index (χ4v) is 10.9. The van der Waals surface area contributed by atoms with Crippen molar-refractivity contribution in [1.82, 2.24) is 0 Å². The molecule has 0 heterocycles. The summed E-state index contributed by atoms with van der Waals surface area (Å²) in [4.78, 5) is 0. The van der Waals surface area contributed by atoms with Crippen LogP contribution in [0.4, 0.5) is 0 Å². The van der Waals surface area contributed by atoms with Gasteiger partial charge in [-0.1, -0.05) is 13.0 Å². The first-order chi connectivity index (χ1) is 16.0. The molecule has 7 atom stereocenters. The van der Waals surface area contributed by atoms with Crippen LogP contribution in [0.3, 0.4) is 0 Å². The van der Waals surface area contributed by atoms with E-state index in [4.69, 9.17) is 18.0 Å². The average Bonchev–Trinajstić information content (AvgIpc) is 2.99. The van der Waals surface area contributed by atoms with E-state index in [1.807, 2.05) is 0 Å². The lowest BCUT2D eigenvalue weighted by molar-refractivity contribution is -0.0792. The molecule has 0 amide bonds. The standard InChI is InChI=1S/C28H50O4Si3/c1-28-18-25(31-34(6,7)8)27-20-13-12-19(29-2)16-21(20)24(30-33(3,4)5)17-22(27)23(28)14-15-26(28)32-35(9,10)11/h12-13,16,22-27H,14-15,17-18H2,1-11H3. The molecule has 0 aromatic heterocycles. The number of methoxy groups -OCH3 is 1. The number of hydrogen-bond acceptors (Lipinski definition) is 4. The molecular weight excluding hydrogens is 485 g/mol. The summed E-state index contributed by atoms with van der Waals surface area (Å²) in [5, 5.41) is 0. The Morgan fingerprint density at radius 1 is 0.800 bits per heavy atom. The molecule has 4 rings (SSSR count). The van der Waals surface area contributed by atoms with Gasteiger partial charge < -0.3 is 18.0 Å². The fraction of sp³-hybridized carbons (Fsp3) is 0.786. The number of fused-ring (bicyclic) bond motifs is 5. The lowest BCUT2D eigenvalue weighted by atomic mass is 9.54. The first-order valence-corrected chi connectivity index (χ1v) is 23.9. The second-order valence-electron chi connectivity index (χ2n) is 14.5. The molecule has 2 saturated carbocycles. The Morgan fingerprint density at radius 2 is 1.43 bits per heavy atom. The van der Waals surface area contributed by atoms with E-state index in [-0.39, 0.29) is 17.6 Å². The Kier molecular flexibility index (Phi) is 7.39. The van der Waals surface area contributed by atoms with Gasteiger partial charge in [-0.15, -0.1) is 0 Å². The SMILES string of the molecule is COc1ccc2c(c1)C(O[Si](C)(C)C)CC1C2C(O[Si](C)(C)C)CC2(C)C(O[Si](C)(C)C)CCC12. The molecule has 7 unspecified atom stereocenters. The summed E-state index contributed by atoms with van der Waals surface area (Å²) in [6.07, 6.45) is 5.35. The Morgan fingerprint density at radius 3 is 2.00 bits per heavy atom. The molecule has 35 heavy (non-hydrogen) atoms. The number of ether oxygens (including phenoxy) is 1. The molecule has 7 heteroatoms. The normalized spacial score (nSPS) is 35.3. The lowest BCUT2D eigenvalue weighted by Gasteiger charge is -2.56. The maximum Gasteiger partial charge on any atom is 0.184 e. The molecule has 0 radical (unpaired) electrons. The predicted molar refractivity (Wildman–Crippen MR) is 153 cm³/mol. The van der Waals surface area contributed by atoms with Gasteiger partial charge in [-0.05, 0) is 125 Å². The number of benzene rings is 1. The maximum atomic E-state index is 7.08. The zero-order chi connectivity index (χ0) is 26.0. The second-order valence-corrected chi connectivity index (χ2v) is 27.9. The minimum absolute atomic E-state index is 0.139. The van der Waals surface area contributed by atoms with Crippen LogP contribution >= 0.6 is 0 Å². The zero-order valence-corrected chi connectivity index (χ0v) is 27.2. The van der Waals surface area contributed by atoms with Crippen LogP contribution in [0, 0.1) is 17.3 Å². The fourth-order valence-electron chi connectivity index (χ4n) is 7.41. The summed E-state index contributed by atoms with van der Waals surface area (Å²) in [5.74, 6) is 2.57. The van der Waals surface area contributed by atoms with Crippen LogP contribution in [0.25, 0.3) is 0 Å². The van der Waals surface area contributed by atoms with E-state index < -0.39 is 25.0 Å². The zero-order valence-electron chi connectivity index (χ0n) is 24.2.